The number of hydrogen-bond donors (Lipinski definition) is 1. The van der Waals surface area contributed by atoms with Crippen molar-refractivity contribution in [2.24, 2.45) is 5.92 Å². The molecule has 0 amide bonds. The first-order valence-electron chi connectivity index (χ1n) is 7.23. The Balaban J connectivity index is 1.54. The van der Waals surface area contributed by atoms with Crippen molar-refractivity contribution in [3.63, 3.8) is 0 Å². The van der Waals surface area contributed by atoms with E-state index in [1.165, 1.54) is 58.2 Å². The summed E-state index contributed by atoms with van der Waals surface area (Å²) in [6.45, 7) is 8.54. The first-order chi connectivity index (χ1) is 7.75. The molecule has 2 aliphatic rings. The van der Waals surface area contributed by atoms with Crippen molar-refractivity contribution in [3.05, 3.63) is 0 Å². The molecule has 0 aromatic heterocycles. The lowest BCUT2D eigenvalue weighted by Gasteiger charge is -2.22. The van der Waals surface area contributed by atoms with E-state index in [0.717, 1.165) is 18.0 Å². The van der Waals surface area contributed by atoms with Crippen molar-refractivity contribution >= 4 is 0 Å². The van der Waals surface area contributed by atoms with Crippen LogP contribution in [0.5, 0.6) is 0 Å². The van der Waals surface area contributed by atoms with Gasteiger partial charge in [-0.1, -0.05) is 13.8 Å². The van der Waals surface area contributed by atoms with Gasteiger partial charge in [0.25, 0.3) is 0 Å². The molecule has 0 aromatic carbocycles. The lowest BCUT2D eigenvalue weighted by Crippen LogP contribution is -2.31. The van der Waals surface area contributed by atoms with Gasteiger partial charge in [0.2, 0.25) is 0 Å². The standard InChI is InChI=1S/C14H28N2/c1-12(2)8-11-16(14-6-7-14)10-3-9-15-13-4-5-13/h12-15H,3-11H2,1-2H3. The van der Waals surface area contributed by atoms with Crippen LogP contribution in [0.15, 0.2) is 0 Å². The van der Waals surface area contributed by atoms with E-state index in [1.807, 2.05) is 0 Å². The van der Waals surface area contributed by atoms with Gasteiger partial charge in [0.15, 0.2) is 0 Å². The molecule has 0 radical (unpaired) electrons. The van der Waals surface area contributed by atoms with Crippen LogP contribution in [-0.2, 0) is 0 Å². The molecule has 0 unspecified atom stereocenters. The molecular weight excluding hydrogens is 196 g/mol. The van der Waals surface area contributed by atoms with Crippen LogP contribution in [0.4, 0.5) is 0 Å². The van der Waals surface area contributed by atoms with E-state index in [2.05, 4.69) is 24.1 Å². The van der Waals surface area contributed by atoms with E-state index in [0.29, 0.717) is 0 Å². The first kappa shape index (κ1) is 12.4. The zero-order valence-corrected chi connectivity index (χ0v) is 11.0. The molecular formula is C14H28N2. The predicted octanol–water partition coefficient (Wildman–Crippen LogP) is 2.64. The predicted molar refractivity (Wildman–Crippen MR) is 69.7 cm³/mol. The number of nitrogens with zero attached hydrogens (tertiary/aromatic N) is 1. The molecule has 0 bridgehead atoms. The lowest BCUT2D eigenvalue weighted by molar-refractivity contribution is 0.244. The minimum atomic E-state index is 0.853. The number of hydrogen-bond acceptors (Lipinski definition) is 2. The molecule has 0 aromatic rings. The Hall–Kier alpha value is -0.0800. The zero-order chi connectivity index (χ0) is 11.4. The van der Waals surface area contributed by atoms with Gasteiger partial charge in [-0.2, -0.15) is 0 Å². The monoisotopic (exact) mass is 224 g/mol. The van der Waals surface area contributed by atoms with E-state index >= 15 is 0 Å². The van der Waals surface area contributed by atoms with Gasteiger partial charge in [-0.05, 0) is 64.1 Å². The average Bonchev–Trinajstić information content (AvgIpc) is 3.09. The molecule has 1 N–H and O–H groups in total. The Bertz CT molecular complexity index is 195. The molecule has 94 valence electrons. The summed E-state index contributed by atoms with van der Waals surface area (Å²) in [6, 6.07) is 1.82. The molecule has 16 heavy (non-hydrogen) atoms. The molecule has 0 heterocycles. The second-order valence-corrected chi connectivity index (χ2v) is 6.03. The summed E-state index contributed by atoms with van der Waals surface area (Å²) in [5, 5.41) is 3.61. The third-order valence-corrected chi connectivity index (χ3v) is 3.69. The second-order valence-electron chi connectivity index (χ2n) is 6.03. The van der Waals surface area contributed by atoms with E-state index in [4.69, 9.17) is 0 Å². The molecule has 2 fully saturated rings. The molecule has 2 aliphatic carbocycles. The number of rotatable bonds is 9. The van der Waals surface area contributed by atoms with Crippen LogP contribution in [0.3, 0.4) is 0 Å². The lowest BCUT2D eigenvalue weighted by atomic mass is 10.1. The van der Waals surface area contributed by atoms with Gasteiger partial charge in [0.05, 0.1) is 0 Å². The molecule has 2 heteroatoms. The van der Waals surface area contributed by atoms with Crippen molar-refractivity contribution < 1.29 is 0 Å². The van der Waals surface area contributed by atoms with Gasteiger partial charge in [0, 0.05) is 12.1 Å². The van der Waals surface area contributed by atoms with Crippen LogP contribution in [-0.4, -0.2) is 36.6 Å². The number of nitrogens with one attached hydrogen (secondary N) is 1. The minimum absolute atomic E-state index is 0.853. The Morgan fingerprint density at radius 3 is 2.44 bits per heavy atom. The minimum Gasteiger partial charge on any atom is -0.314 e. The summed E-state index contributed by atoms with van der Waals surface area (Å²) in [7, 11) is 0. The largest absolute Gasteiger partial charge is 0.314 e. The van der Waals surface area contributed by atoms with Gasteiger partial charge in [-0.25, -0.2) is 0 Å². The van der Waals surface area contributed by atoms with E-state index in [9.17, 15) is 0 Å². The highest BCUT2D eigenvalue weighted by Gasteiger charge is 2.28. The van der Waals surface area contributed by atoms with Crippen LogP contribution < -0.4 is 5.32 Å². The third-order valence-electron chi connectivity index (χ3n) is 3.69. The molecule has 0 aliphatic heterocycles. The van der Waals surface area contributed by atoms with Crippen molar-refractivity contribution in [3.8, 4) is 0 Å². The van der Waals surface area contributed by atoms with Gasteiger partial charge < -0.3 is 10.2 Å². The maximum Gasteiger partial charge on any atom is 0.00964 e. The normalized spacial score (nSPS) is 21.0. The fraction of sp³-hybridized carbons (Fsp3) is 1.00. The Kier molecular flexibility index (Phi) is 4.66. The fourth-order valence-electron chi connectivity index (χ4n) is 2.22. The first-order valence-corrected chi connectivity index (χ1v) is 7.23. The van der Waals surface area contributed by atoms with E-state index in [-0.39, 0.29) is 0 Å². The smallest absolute Gasteiger partial charge is 0.00964 e. The molecule has 2 saturated carbocycles. The Morgan fingerprint density at radius 1 is 1.12 bits per heavy atom. The Morgan fingerprint density at radius 2 is 1.88 bits per heavy atom. The molecule has 0 spiro atoms. The van der Waals surface area contributed by atoms with Crippen LogP contribution >= 0.6 is 0 Å². The van der Waals surface area contributed by atoms with Crippen LogP contribution in [0.1, 0.15) is 52.4 Å². The summed E-state index contributed by atoms with van der Waals surface area (Å²) in [4.78, 5) is 2.73. The summed E-state index contributed by atoms with van der Waals surface area (Å²) >= 11 is 0. The van der Waals surface area contributed by atoms with Crippen molar-refractivity contribution in [1.82, 2.24) is 10.2 Å². The quantitative estimate of drug-likeness (QED) is 0.606. The second kappa shape index (κ2) is 6.02. The van der Waals surface area contributed by atoms with Gasteiger partial charge >= 0.3 is 0 Å². The van der Waals surface area contributed by atoms with Gasteiger partial charge in [-0.15, -0.1) is 0 Å². The van der Waals surface area contributed by atoms with Crippen molar-refractivity contribution in [1.29, 1.82) is 0 Å². The van der Waals surface area contributed by atoms with Crippen molar-refractivity contribution in [2.45, 2.75) is 64.5 Å². The third kappa shape index (κ3) is 4.84. The molecule has 2 rings (SSSR count). The highest BCUT2D eigenvalue weighted by Crippen LogP contribution is 2.27. The van der Waals surface area contributed by atoms with Crippen LogP contribution in [0.2, 0.25) is 0 Å². The summed E-state index contributed by atoms with van der Waals surface area (Å²) in [5.74, 6) is 0.853. The Labute approximate surface area is 101 Å². The van der Waals surface area contributed by atoms with Crippen LogP contribution in [0, 0.1) is 5.92 Å². The van der Waals surface area contributed by atoms with Crippen LogP contribution in [0.25, 0.3) is 0 Å². The summed E-state index contributed by atoms with van der Waals surface area (Å²) in [5.41, 5.74) is 0. The molecule has 0 saturated heterocycles. The van der Waals surface area contributed by atoms with E-state index < -0.39 is 0 Å². The maximum absolute atomic E-state index is 3.61. The zero-order valence-electron chi connectivity index (χ0n) is 11.0. The molecule has 0 atom stereocenters. The molecule has 2 nitrogen and oxygen atoms in total. The van der Waals surface area contributed by atoms with Gasteiger partial charge in [0.1, 0.15) is 0 Å². The highest BCUT2D eigenvalue weighted by atomic mass is 15.2. The summed E-state index contributed by atoms with van der Waals surface area (Å²) in [6.07, 6.45) is 8.44. The maximum atomic E-state index is 3.61. The van der Waals surface area contributed by atoms with Crippen molar-refractivity contribution in [2.75, 3.05) is 19.6 Å². The summed E-state index contributed by atoms with van der Waals surface area (Å²) < 4.78 is 0. The topological polar surface area (TPSA) is 15.3 Å². The SMILES string of the molecule is CC(C)CCN(CCCNC1CC1)C1CC1. The van der Waals surface area contributed by atoms with Gasteiger partial charge in [-0.3, -0.25) is 0 Å². The average molecular weight is 224 g/mol. The highest BCUT2D eigenvalue weighted by molar-refractivity contribution is 4.85. The van der Waals surface area contributed by atoms with E-state index in [1.54, 1.807) is 0 Å². The fourth-order valence-corrected chi connectivity index (χ4v) is 2.22.